The van der Waals surface area contributed by atoms with Crippen LogP contribution in [-0.2, 0) is 4.79 Å². The maximum Gasteiger partial charge on any atom is 0.144 e. The summed E-state index contributed by atoms with van der Waals surface area (Å²) >= 11 is 0. The van der Waals surface area contributed by atoms with Crippen molar-refractivity contribution in [3.8, 4) is 0 Å². The predicted octanol–water partition coefficient (Wildman–Crippen LogP) is 5.54. The molecule has 5 atom stereocenters. The van der Waals surface area contributed by atoms with Crippen molar-refractivity contribution in [3.63, 3.8) is 0 Å². The van der Waals surface area contributed by atoms with E-state index in [1.54, 1.807) is 5.57 Å². The predicted molar refractivity (Wildman–Crippen MR) is 90.5 cm³/mol. The van der Waals surface area contributed by atoms with Gasteiger partial charge in [0.15, 0.2) is 0 Å². The Hall–Kier alpha value is -0.590. The minimum Gasteiger partial charge on any atom is -0.298 e. The number of hydrogen-bond acceptors (Lipinski definition) is 1. The zero-order valence-electron chi connectivity index (χ0n) is 14.9. The lowest BCUT2D eigenvalue weighted by molar-refractivity contribution is -0.136. The second-order valence-electron chi connectivity index (χ2n) is 9.84. The van der Waals surface area contributed by atoms with Crippen LogP contribution >= 0.6 is 0 Å². The van der Waals surface area contributed by atoms with Crippen molar-refractivity contribution in [1.29, 1.82) is 0 Å². The fourth-order valence-corrected chi connectivity index (χ4v) is 7.09. The molecule has 3 saturated carbocycles. The van der Waals surface area contributed by atoms with E-state index in [0.29, 0.717) is 17.1 Å². The van der Waals surface area contributed by atoms with Crippen molar-refractivity contribution in [1.82, 2.24) is 0 Å². The van der Waals surface area contributed by atoms with Gasteiger partial charge in [-0.3, -0.25) is 4.79 Å². The summed E-state index contributed by atoms with van der Waals surface area (Å²) in [6, 6.07) is 0. The standard InChI is InChI=1S/C21H32O/c1-19(2)13-17-15-9-8-14-7-5-6-11-20(14,3)16(15)10-12-21(17,4)18(19)22/h8,15-17H,5-7,9-13H2,1-4H3/t15-,16+,17+,20+,21+/m1/s1. The third-order valence-corrected chi connectivity index (χ3v) is 8.27. The largest absolute Gasteiger partial charge is 0.298 e. The van der Waals surface area contributed by atoms with Gasteiger partial charge in [0.25, 0.3) is 0 Å². The van der Waals surface area contributed by atoms with E-state index in [2.05, 4.69) is 33.8 Å². The molecule has 0 N–H and O–H groups in total. The van der Waals surface area contributed by atoms with Crippen LogP contribution in [-0.4, -0.2) is 5.78 Å². The van der Waals surface area contributed by atoms with Crippen LogP contribution in [0.2, 0.25) is 0 Å². The molecule has 0 aromatic carbocycles. The Morgan fingerprint density at radius 1 is 1.00 bits per heavy atom. The first-order valence-electron chi connectivity index (χ1n) is 9.53. The van der Waals surface area contributed by atoms with Crippen molar-refractivity contribution in [3.05, 3.63) is 11.6 Å². The highest BCUT2D eigenvalue weighted by molar-refractivity contribution is 5.92. The highest BCUT2D eigenvalue weighted by Gasteiger charge is 2.62. The number of allylic oxidation sites excluding steroid dienone is 2. The number of fused-ring (bicyclic) bond motifs is 5. The molecule has 0 radical (unpaired) electrons. The SMILES string of the molecule is CC1(C)C[C@H]2[C@@H]3CC=C4CCCC[C@]4(C)[C@H]3CC[C@]2(C)C1=O. The molecule has 0 bridgehead atoms. The lowest BCUT2D eigenvalue weighted by Gasteiger charge is -2.56. The van der Waals surface area contributed by atoms with Gasteiger partial charge in [-0.15, -0.1) is 0 Å². The second kappa shape index (κ2) is 4.48. The monoisotopic (exact) mass is 300 g/mol. The maximum absolute atomic E-state index is 13.0. The minimum absolute atomic E-state index is 0.0267. The molecule has 1 heteroatoms. The molecule has 3 fully saturated rings. The molecule has 0 heterocycles. The molecule has 0 amide bonds. The number of hydrogen-bond donors (Lipinski definition) is 0. The lowest BCUT2D eigenvalue weighted by Crippen LogP contribution is -2.49. The average Bonchev–Trinajstić information content (AvgIpc) is 2.66. The van der Waals surface area contributed by atoms with Gasteiger partial charge < -0.3 is 0 Å². The smallest absolute Gasteiger partial charge is 0.144 e. The summed E-state index contributed by atoms with van der Waals surface area (Å²) in [5.41, 5.74) is 2.11. The van der Waals surface area contributed by atoms with Crippen LogP contribution < -0.4 is 0 Å². The summed E-state index contributed by atoms with van der Waals surface area (Å²) in [5.74, 6) is 2.79. The highest BCUT2D eigenvalue weighted by Crippen LogP contribution is 2.66. The van der Waals surface area contributed by atoms with Crippen molar-refractivity contribution in [2.45, 2.75) is 79.1 Å². The molecule has 4 rings (SSSR count). The first-order chi connectivity index (χ1) is 10.3. The topological polar surface area (TPSA) is 17.1 Å². The zero-order valence-corrected chi connectivity index (χ0v) is 14.9. The van der Waals surface area contributed by atoms with E-state index in [1.165, 1.54) is 38.5 Å². The summed E-state index contributed by atoms with van der Waals surface area (Å²) in [4.78, 5) is 13.0. The fraction of sp³-hybridized carbons (Fsp3) is 0.857. The molecular weight excluding hydrogens is 268 g/mol. The Labute approximate surface area is 135 Å². The van der Waals surface area contributed by atoms with Gasteiger partial charge in [-0.1, -0.05) is 45.8 Å². The van der Waals surface area contributed by atoms with E-state index in [9.17, 15) is 4.79 Å². The van der Waals surface area contributed by atoms with E-state index >= 15 is 0 Å². The van der Waals surface area contributed by atoms with E-state index in [-0.39, 0.29) is 10.8 Å². The number of ketones is 1. The molecule has 0 spiro atoms. The molecule has 0 aliphatic heterocycles. The quantitative estimate of drug-likeness (QED) is 0.536. The van der Waals surface area contributed by atoms with Gasteiger partial charge in [0.05, 0.1) is 0 Å². The molecule has 0 aromatic rings. The van der Waals surface area contributed by atoms with Crippen molar-refractivity contribution >= 4 is 5.78 Å². The molecule has 4 aliphatic rings. The van der Waals surface area contributed by atoms with Crippen LogP contribution in [0.4, 0.5) is 0 Å². The Balaban J connectivity index is 1.73. The summed E-state index contributed by atoms with van der Waals surface area (Å²) in [5, 5.41) is 0. The Bertz CT molecular complexity index is 542. The van der Waals surface area contributed by atoms with Gasteiger partial charge in [0.1, 0.15) is 5.78 Å². The molecule has 4 aliphatic carbocycles. The first-order valence-corrected chi connectivity index (χ1v) is 9.53. The fourth-order valence-electron chi connectivity index (χ4n) is 7.09. The summed E-state index contributed by atoms with van der Waals surface area (Å²) < 4.78 is 0. The molecule has 0 unspecified atom stereocenters. The van der Waals surface area contributed by atoms with Crippen molar-refractivity contribution in [2.75, 3.05) is 0 Å². The third-order valence-electron chi connectivity index (χ3n) is 8.27. The van der Waals surface area contributed by atoms with Gasteiger partial charge in [-0.05, 0) is 68.1 Å². The van der Waals surface area contributed by atoms with Crippen LogP contribution in [0.25, 0.3) is 0 Å². The Morgan fingerprint density at radius 3 is 2.55 bits per heavy atom. The summed E-state index contributed by atoms with van der Waals surface area (Å²) in [6.07, 6.45) is 12.9. The first kappa shape index (κ1) is 15.0. The second-order valence-corrected chi connectivity index (χ2v) is 9.84. The third kappa shape index (κ3) is 1.74. The molecule has 122 valence electrons. The molecule has 0 saturated heterocycles. The lowest BCUT2D eigenvalue weighted by atomic mass is 9.48. The van der Waals surface area contributed by atoms with E-state index in [0.717, 1.165) is 24.7 Å². The van der Waals surface area contributed by atoms with Gasteiger partial charge in [-0.2, -0.15) is 0 Å². The van der Waals surface area contributed by atoms with Crippen molar-refractivity contribution in [2.24, 2.45) is 34.0 Å². The Kier molecular flexibility index (Phi) is 3.05. The van der Waals surface area contributed by atoms with E-state index < -0.39 is 0 Å². The van der Waals surface area contributed by atoms with Gasteiger partial charge >= 0.3 is 0 Å². The number of carbonyl (C=O) groups excluding carboxylic acids is 1. The summed E-state index contributed by atoms with van der Waals surface area (Å²) in [6.45, 7) is 9.24. The van der Waals surface area contributed by atoms with E-state index in [1.807, 2.05) is 0 Å². The molecule has 1 nitrogen and oxygen atoms in total. The van der Waals surface area contributed by atoms with Crippen LogP contribution in [0.15, 0.2) is 11.6 Å². The van der Waals surface area contributed by atoms with Crippen LogP contribution in [0.3, 0.4) is 0 Å². The average molecular weight is 300 g/mol. The highest BCUT2D eigenvalue weighted by atomic mass is 16.1. The number of carbonyl (C=O) groups is 1. The molecule has 22 heavy (non-hydrogen) atoms. The van der Waals surface area contributed by atoms with Crippen LogP contribution in [0.5, 0.6) is 0 Å². The summed E-state index contributed by atoms with van der Waals surface area (Å²) in [7, 11) is 0. The van der Waals surface area contributed by atoms with Crippen LogP contribution in [0.1, 0.15) is 79.1 Å². The minimum atomic E-state index is -0.0915. The van der Waals surface area contributed by atoms with Crippen molar-refractivity contribution < 1.29 is 4.79 Å². The molecular formula is C21H32O. The van der Waals surface area contributed by atoms with Gasteiger partial charge in [-0.25, -0.2) is 0 Å². The van der Waals surface area contributed by atoms with Crippen LogP contribution in [0, 0.1) is 34.0 Å². The maximum atomic E-state index is 13.0. The molecule has 0 aromatic heterocycles. The number of Topliss-reactive ketones (excluding diaryl/α,β-unsaturated/α-hetero) is 1. The van der Waals surface area contributed by atoms with E-state index in [4.69, 9.17) is 0 Å². The zero-order chi connectivity index (χ0) is 15.8. The number of rotatable bonds is 0. The normalized spacial score (nSPS) is 49.9. The van der Waals surface area contributed by atoms with Gasteiger partial charge in [0, 0.05) is 10.8 Å². The van der Waals surface area contributed by atoms with Gasteiger partial charge in [0.2, 0.25) is 0 Å². The Morgan fingerprint density at radius 2 is 1.77 bits per heavy atom.